The Kier molecular flexibility index (Phi) is 4.21. The average molecular weight is 324 g/mol. The summed E-state index contributed by atoms with van der Waals surface area (Å²) in [6.45, 7) is 7.83. The van der Waals surface area contributed by atoms with Crippen molar-refractivity contribution in [2.75, 3.05) is 19.6 Å². The molecule has 4 rings (SSSR count). The third-order valence-electron chi connectivity index (χ3n) is 5.50. The topological polar surface area (TPSA) is 25.2 Å². The average Bonchev–Trinajstić information content (AvgIpc) is 3.39. The molecule has 0 N–H and O–H groups in total. The minimum atomic E-state index is 0.186. The summed E-state index contributed by atoms with van der Waals surface area (Å²) in [5.74, 6) is 1.41. The molecule has 0 spiro atoms. The Morgan fingerprint density at radius 3 is 2.75 bits per heavy atom. The molecule has 24 heavy (non-hydrogen) atoms. The Labute approximate surface area is 144 Å². The maximum Gasteiger partial charge on any atom is 0.258 e. The van der Waals surface area contributed by atoms with E-state index in [0.29, 0.717) is 12.0 Å². The monoisotopic (exact) mass is 324 g/mol. The second-order valence-electron chi connectivity index (χ2n) is 8.10. The van der Waals surface area contributed by atoms with Gasteiger partial charge in [0.15, 0.2) is 0 Å². The van der Waals surface area contributed by atoms with Crippen molar-refractivity contribution in [3.63, 3.8) is 0 Å². The van der Waals surface area contributed by atoms with E-state index in [1.807, 2.05) is 10.8 Å². The number of rotatable bonds is 4. The molecule has 1 atom stereocenters. The van der Waals surface area contributed by atoms with Crippen LogP contribution in [0.25, 0.3) is 10.8 Å². The number of hydrogen-bond donors (Lipinski definition) is 0. The van der Waals surface area contributed by atoms with Gasteiger partial charge in [-0.05, 0) is 67.1 Å². The van der Waals surface area contributed by atoms with Gasteiger partial charge in [-0.15, -0.1) is 0 Å². The molecule has 1 aromatic heterocycles. The lowest BCUT2D eigenvalue weighted by Crippen LogP contribution is -2.41. The Balaban J connectivity index is 1.63. The van der Waals surface area contributed by atoms with Crippen molar-refractivity contribution in [1.82, 2.24) is 9.47 Å². The SMILES string of the molecule is CC(C)CN1CCCC(n2ccc3cc(C4CC4)ccc3c2=O)C1. The summed E-state index contributed by atoms with van der Waals surface area (Å²) >= 11 is 0. The summed E-state index contributed by atoms with van der Waals surface area (Å²) in [7, 11) is 0. The summed E-state index contributed by atoms with van der Waals surface area (Å²) < 4.78 is 1.99. The molecule has 0 radical (unpaired) electrons. The molecule has 2 aromatic rings. The maximum atomic E-state index is 13.0. The molecular formula is C21H28N2O. The van der Waals surface area contributed by atoms with Crippen LogP contribution in [0.2, 0.25) is 0 Å². The normalized spacial score (nSPS) is 22.4. The van der Waals surface area contributed by atoms with E-state index in [0.717, 1.165) is 36.2 Å². The van der Waals surface area contributed by atoms with Gasteiger partial charge in [0.05, 0.1) is 0 Å². The van der Waals surface area contributed by atoms with Crippen LogP contribution in [0.4, 0.5) is 0 Å². The van der Waals surface area contributed by atoms with Crippen LogP contribution in [0, 0.1) is 5.92 Å². The van der Waals surface area contributed by atoms with Crippen LogP contribution in [-0.2, 0) is 0 Å². The van der Waals surface area contributed by atoms with Gasteiger partial charge in [-0.1, -0.05) is 26.0 Å². The van der Waals surface area contributed by atoms with Gasteiger partial charge in [-0.2, -0.15) is 0 Å². The number of hydrogen-bond acceptors (Lipinski definition) is 2. The van der Waals surface area contributed by atoms with E-state index in [4.69, 9.17) is 0 Å². The van der Waals surface area contributed by atoms with Crippen LogP contribution in [0.5, 0.6) is 0 Å². The molecule has 1 unspecified atom stereocenters. The Morgan fingerprint density at radius 2 is 2.00 bits per heavy atom. The maximum absolute atomic E-state index is 13.0. The van der Waals surface area contributed by atoms with E-state index < -0.39 is 0 Å². The molecule has 3 nitrogen and oxygen atoms in total. The van der Waals surface area contributed by atoms with Crippen molar-refractivity contribution in [3.8, 4) is 0 Å². The van der Waals surface area contributed by atoms with Gasteiger partial charge in [-0.3, -0.25) is 4.79 Å². The lowest BCUT2D eigenvalue weighted by Gasteiger charge is -2.34. The highest BCUT2D eigenvalue weighted by atomic mass is 16.1. The zero-order chi connectivity index (χ0) is 16.7. The molecule has 1 aliphatic heterocycles. The predicted molar refractivity (Wildman–Crippen MR) is 99.7 cm³/mol. The summed E-state index contributed by atoms with van der Waals surface area (Å²) in [6.07, 6.45) is 6.93. The standard InChI is InChI=1S/C21H28N2O/c1-15(2)13-22-10-3-4-19(14-22)23-11-9-18-12-17(16-5-6-16)7-8-20(18)21(23)24/h7-9,11-12,15-16,19H,3-6,10,13-14H2,1-2H3. The van der Waals surface area contributed by atoms with Gasteiger partial charge < -0.3 is 9.47 Å². The van der Waals surface area contributed by atoms with E-state index in [1.165, 1.54) is 31.4 Å². The zero-order valence-electron chi connectivity index (χ0n) is 14.9. The van der Waals surface area contributed by atoms with Crippen LogP contribution in [-0.4, -0.2) is 29.1 Å². The van der Waals surface area contributed by atoms with E-state index in [-0.39, 0.29) is 5.56 Å². The van der Waals surface area contributed by atoms with Crippen LogP contribution in [0.3, 0.4) is 0 Å². The van der Waals surface area contributed by atoms with Crippen LogP contribution >= 0.6 is 0 Å². The second-order valence-corrected chi connectivity index (χ2v) is 8.10. The van der Waals surface area contributed by atoms with Gasteiger partial charge in [0.1, 0.15) is 0 Å². The molecule has 0 bridgehead atoms. The molecule has 128 valence electrons. The molecule has 1 saturated heterocycles. The number of pyridine rings is 1. The van der Waals surface area contributed by atoms with Crippen molar-refractivity contribution >= 4 is 10.8 Å². The van der Waals surface area contributed by atoms with E-state index in [9.17, 15) is 4.79 Å². The Hall–Kier alpha value is -1.61. The number of piperidine rings is 1. The van der Waals surface area contributed by atoms with Gasteiger partial charge >= 0.3 is 0 Å². The Bertz CT molecular complexity index is 788. The fourth-order valence-electron chi connectivity index (χ4n) is 4.18. The molecule has 3 heteroatoms. The van der Waals surface area contributed by atoms with Crippen LogP contribution in [0.1, 0.15) is 57.1 Å². The van der Waals surface area contributed by atoms with Crippen molar-refractivity contribution in [2.24, 2.45) is 5.92 Å². The van der Waals surface area contributed by atoms with E-state index >= 15 is 0 Å². The highest BCUT2D eigenvalue weighted by Crippen LogP contribution is 2.40. The molecule has 1 aromatic carbocycles. The molecule has 1 saturated carbocycles. The summed E-state index contributed by atoms with van der Waals surface area (Å²) in [6, 6.07) is 8.90. The van der Waals surface area contributed by atoms with Crippen molar-refractivity contribution in [3.05, 3.63) is 46.4 Å². The first-order valence-corrected chi connectivity index (χ1v) is 9.49. The quantitative estimate of drug-likeness (QED) is 0.843. The fourth-order valence-corrected chi connectivity index (χ4v) is 4.18. The molecule has 2 fully saturated rings. The van der Waals surface area contributed by atoms with Crippen molar-refractivity contribution in [2.45, 2.75) is 51.5 Å². The minimum Gasteiger partial charge on any atom is -0.311 e. The predicted octanol–water partition coefficient (Wildman–Crippen LogP) is 4.17. The second kappa shape index (κ2) is 6.36. The third-order valence-corrected chi connectivity index (χ3v) is 5.50. The smallest absolute Gasteiger partial charge is 0.258 e. The van der Waals surface area contributed by atoms with E-state index in [2.05, 4.69) is 43.0 Å². The number of fused-ring (bicyclic) bond motifs is 1. The largest absolute Gasteiger partial charge is 0.311 e. The van der Waals surface area contributed by atoms with Crippen LogP contribution < -0.4 is 5.56 Å². The first kappa shape index (κ1) is 15.9. The van der Waals surface area contributed by atoms with Crippen molar-refractivity contribution < 1.29 is 0 Å². The lowest BCUT2D eigenvalue weighted by molar-refractivity contribution is 0.160. The summed E-state index contributed by atoms with van der Waals surface area (Å²) in [5, 5.41) is 1.98. The molecular weight excluding hydrogens is 296 g/mol. The lowest BCUT2D eigenvalue weighted by atomic mass is 10.0. The van der Waals surface area contributed by atoms with Gasteiger partial charge in [0, 0.05) is 30.7 Å². The first-order valence-electron chi connectivity index (χ1n) is 9.49. The van der Waals surface area contributed by atoms with Gasteiger partial charge in [-0.25, -0.2) is 0 Å². The molecule has 2 aliphatic rings. The number of aromatic nitrogens is 1. The molecule has 0 amide bonds. The van der Waals surface area contributed by atoms with Crippen LogP contribution in [0.15, 0.2) is 35.3 Å². The van der Waals surface area contributed by atoms with Crippen molar-refractivity contribution in [1.29, 1.82) is 0 Å². The van der Waals surface area contributed by atoms with Gasteiger partial charge in [0.2, 0.25) is 0 Å². The third kappa shape index (κ3) is 3.14. The van der Waals surface area contributed by atoms with E-state index in [1.54, 1.807) is 0 Å². The number of benzene rings is 1. The first-order chi connectivity index (χ1) is 11.6. The summed E-state index contributed by atoms with van der Waals surface area (Å²) in [5.41, 5.74) is 1.59. The number of nitrogens with zero attached hydrogens (tertiary/aromatic N) is 2. The highest BCUT2D eigenvalue weighted by Gasteiger charge is 2.25. The van der Waals surface area contributed by atoms with Gasteiger partial charge in [0.25, 0.3) is 5.56 Å². The molecule has 2 heterocycles. The molecule has 1 aliphatic carbocycles. The zero-order valence-corrected chi connectivity index (χ0v) is 14.9. The summed E-state index contributed by atoms with van der Waals surface area (Å²) in [4.78, 5) is 15.5. The highest BCUT2D eigenvalue weighted by molar-refractivity contribution is 5.82. The number of likely N-dealkylation sites (tertiary alicyclic amines) is 1. The minimum absolute atomic E-state index is 0.186. The Morgan fingerprint density at radius 1 is 1.17 bits per heavy atom. The fraction of sp³-hybridized carbons (Fsp3) is 0.571.